The fraction of sp³-hybridized carbons (Fsp3) is 0.867. The smallest absolute Gasteiger partial charge is 0.341 e. The fourth-order valence-corrected chi connectivity index (χ4v) is 0. The quantitative estimate of drug-likeness (QED) is 0.487. The van der Waals surface area contributed by atoms with Gasteiger partial charge in [0, 0.05) is 0 Å². The average Bonchev–Trinajstić information content (AvgIpc) is 1.80. The predicted octanol–water partition coefficient (Wildman–Crippen LogP) is 5.78. The van der Waals surface area contributed by atoms with Crippen LogP contribution in [0.15, 0.2) is 0 Å². The summed E-state index contributed by atoms with van der Waals surface area (Å²) in [6.45, 7) is 25.3. The first-order valence-corrected chi connectivity index (χ1v) is 6.01. The monoisotopic (exact) mass is 265 g/mol. The predicted molar refractivity (Wildman–Crippen MR) is 74.8 cm³/mol. The molecule has 99 valence electrons. The standard InChI is InChI=1S/C7H16.2C4H9.V/c1-6(2)7(3,4)5;2*1-4(2)3;/h6H,1-5H3;1-3H3;4H,1H2,2-3H3;/q;2*-1;+2. The summed E-state index contributed by atoms with van der Waals surface area (Å²) in [6.07, 6.45) is 0. The van der Waals surface area contributed by atoms with E-state index < -0.39 is 0 Å². The third-order valence-electron chi connectivity index (χ3n) is 1.73. The van der Waals surface area contributed by atoms with Gasteiger partial charge in [-0.25, -0.2) is 0 Å². The molecule has 0 rings (SSSR count). The minimum Gasteiger partial charge on any atom is -0.341 e. The first-order chi connectivity index (χ1) is 6.41. The molecule has 0 bridgehead atoms. The molecule has 0 spiro atoms. The Balaban J connectivity index is -0.0000000700. The molecular formula is C15H34V. The van der Waals surface area contributed by atoms with Gasteiger partial charge in [-0.15, -0.1) is 0 Å². The Morgan fingerprint density at radius 3 is 0.938 bits per heavy atom. The molecular weight excluding hydrogens is 231 g/mol. The molecule has 0 fully saturated rings. The summed E-state index contributed by atoms with van der Waals surface area (Å²) < 4.78 is 0. The number of rotatable bonds is 0. The Hall–Kier alpha value is 0.584. The van der Waals surface area contributed by atoms with E-state index in [4.69, 9.17) is 0 Å². The van der Waals surface area contributed by atoms with Gasteiger partial charge in [0.2, 0.25) is 0 Å². The summed E-state index contributed by atoms with van der Waals surface area (Å²) in [5.74, 6) is 2.80. The molecule has 0 heterocycles. The molecule has 0 aliphatic heterocycles. The molecule has 1 radical (unpaired) electrons. The molecule has 0 aromatic rings. The summed E-state index contributed by atoms with van der Waals surface area (Å²) in [7, 11) is 0. The Morgan fingerprint density at radius 2 is 0.938 bits per heavy atom. The normalized spacial score (nSPS) is 10.1. The molecule has 1 heteroatoms. The zero-order chi connectivity index (χ0) is 13.2. The van der Waals surface area contributed by atoms with Crippen LogP contribution < -0.4 is 0 Å². The van der Waals surface area contributed by atoms with Crippen molar-refractivity contribution in [3.05, 3.63) is 12.8 Å². The van der Waals surface area contributed by atoms with Crippen molar-refractivity contribution in [2.24, 2.45) is 17.3 Å². The second kappa shape index (κ2) is 13.6. The van der Waals surface area contributed by atoms with Gasteiger partial charge in [-0.3, -0.25) is 0 Å². The summed E-state index contributed by atoms with van der Waals surface area (Å²) >= 11 is 0. The van der Waals surface area contributed by atoms with Crippen LogP contribution in [0.5, 0.6) is 0 Å². The van der Waals surface area contributed by atoms with Gasteiger partial charge in [0.1, 0.15) is 0 Å². The van der Waals surface area contributed by atoms with Crippen LogP contribution in [0.1, 0.15) is 69.2 Å². The molecule has 0 saturated heterocycles. The molecule has 0 nitrogen and oxygen atoms in total. The van der Waals surface area contributed by atoms with Gasteiger partial charge in [-0.2, -0.15) is 26.7 Å². The van der Waals surface area contributed by atoms with E-state index >= 15 is 0 Å². The van der Waals surface area contributed by atoms with E-state index in [0.29, 0.717) is 11.3 Å². The minimum absolute atomic E-state index is 0. The summed E-state index contributed by atoms with van der Waals surface area (Å²) in [4.78, 5) is 0. The van der Waals surface area contributed by atoms with Crippen molar-refractivity contribution in [2.75, 3.05) is 0 Å². The maximum atomic E-state index is 3.64. The Kier molecular flexibility index (Phi) is 21.7. The molecule has 0 unspecified atom stereocenters. The van der Waals surface area contributed by atoms with E-state index in [1.54, 1.807) is 0 Å². The number of hydrogen-bond acceptors (Lipinski definition) is 0. The Labute approximate surface area is 118 Å². The maximum Gasteiger partial charge on any atom is 2.00 e. The SMILES string of the molecule is CC(C)C(C)(C)C.C[C-](C)C.[CH2-]C(C)C.[V+2]. The third kappa shape index (κ3) is 62.1. The van der Waals surface area contributed by atoms with E-state index in [1.807, 2.05) is 0 Å². The van der Waals surface area contributed by atoms with Gasteiger partial charge in [0.25, 0.3) is 0 Å². The van der Waals surface area contributed by atoms with Crippen LogP contribution >= 0.6 is 0 Å². The fourth-order valence-electron chi connectivity index (χ4n) is 0. The van der Waals surface area contributed by atoms with Gasteiger partial charge < -0.3 is 12.8 Å². The zero-order valence-corrected chi connectivity index (χ0v) is 14.7. The molecule has 0 aromatic heterocycles. The molecule has 0 aromatic carbocycles. The van der Waals surface area contributed by atoms with Crippen LogP contribution in [-0.2, 0) is 18.6 Å². The van der Waals surface area contributed by atoms with Crippen molar-refractivity contribution in [1.82, 2.24) is 0 Å². The third-order valence-corrected chi connectivity index (χ3v) is 1.73. The second-order valence-electron chi connectivity index (χ2n) is 6.41. The van der Waals surface area contributed by atoms with Gasteiger partial charge in [0.15, 0.2) is 0 Å². The summed E-state index contributed by atoms with van der Waals surface area (Å²) in [6, 6.07) is 0. The average molecular weight is 265 g/mol. The van der Waals surface area contributed by atoms with Gasteiger partial charge in [-0.05, 0) is 11.3 Å². The van der Waals surface area contributed by atoms with Gasteiger partial charge in [-0.1, -0.05) is 48.5 Å². The molecule has 0 N–H and O–H groups in total. The minimum atomic E-state index is 0. The molecule has 0 aliphatic rings. The van der Waals surface area contributed by atoms with Crippen LogP contribution in [0.25, 0.3) is 0 Å². The zero-order valence-electron chi connectivity index (χ0n) is 13.3. The van der Waals surface area contributed by atoms with Crippen molar-refractivity contribution in [1.29, 1.82) is 0 Å². The van der Waals surface area contributed by atoms with Crippen molar-refractivity contribution >= 4 is 0 Å². The maximum absolute atomic E-state index is 3.64. The van der Waals surface area contributed by atoms with Crippen LogP contribution in [0.4, 0.5) is 0 Å². The summed E-state index contributed by atoms with van der Waals surface area (Å²) in [5, 5.41) is 0. The van der Waals surface area contributed by atoms with Crippen molar-refractivity contribution < 1.29 is 18.6 Å². The first kappa shape index (κ1) is 25.4. The second-order valence-corrected chi connectivity index (χ2v) is 6.41. The van der Waals surface area contributed by atoms with Crippen LogP contribution in [-0.4, -0.2) is 0 Å². The van der Waals surface area contributed by atoms with E-state index in [2.05, 4.69) is 76.2 Å². The topological polar surface area (TPSA) is 0 Å². The molecule has 16 heavy (non-hydrogen) atoms. The van der Waals surface area contributed by atoms with Crippen molar-refractivity contribution in [3.63, 3.8) is 0 Å². The van der Waals surface area contributed by atoms with E-state index in [0.717, 1.165) is 5.92 Å². The Morgan fingerprint density at radius 1 is 0.875 bits per heavy atom. The Bertz CT molecular complexity index is 95.6. The van der Waals surface area contributed by atoms with Crippen LogP contribution in [0.3, 0.4) is 0 Å². The summed E-state index contributed by atoms with van der Waals surface area (Å²) in [5.41, 5.74) is 0.500. The van der Waals surface area contributed by atoms with Crippen LogP contribution in [0.2, 0.25) is 0 Å². The molecule has 0 aliphatic carbocycles. The van der Waals surface area contributed by atoms with E-state index in [1.165, 1.54) is 5.92 Å². The van der Waals surface area contributed by atoms with Crippen molar-refractivity contribution in [2.45, 2.75) is 69.2 Å². The largest absolute Gasteiger partial charge is 2.00 e. The van der Waals surface area contributed by atoms with Crippen LogP contribution in [0, 0.1) is 30.1 Å². The van der Waals surface area contributed by atoms with Gasteiger partial charge >= 0.3 is 18.6 Å². The molecule has 0 amide bonds. The number of hydrogen-bond donors (Lipinski definition) is 0. The molecule has 0 atom stereocenters. The molecule has 0 saturated carbocycles. The first-order valence-electron chi connectivity index (χ1n) is 6.01. The van der Waals surface area contributed by atoms with Crippen molar-refractivity contribution in [3.8, 4) is 0 Å². The van der Waals surface area contributed by atoms with E-state index in [-0.39, 0.29) is 18.6 Å². The van der Waals surface area contributed by atoms with Gasteiger partial charge in [0.05, 0.1) is 0 Å². The van der Waals surface area contributed by atoms with E-state index in [9.17, 15) is 0 Å².